The van der Waals surface area contributed by atoms with Crippen molar-refractivity contribution in [3.8, 4) is 0 Å². The fraction of sp³-hybridized carbons (Fsp3) is 0.812. The Labute approximate surface area is 118 Å². The highest BCUT2D eigenvalue weighted by atomic mass is 16.7. The summed E-state index contributed by atoms with van der Waals surface area (Å²) in [5.74, 6) is 0. The third-order valence-corrected chi connectivity index (χ3v) is 2.93. The molecule has 0 aromatic carbocycles. The highest BCUT2D eigenvalue weighted by Crippen LogP contribution is 2.04. The highest BCUT2D eigenvalue weighted by Gasteiger charge is 1.90. The molecule has 0 fully saturated rings. The van der Waals surface area contributed by atoms with E-state index in [9.17, 15) is 4.79 Å². The Kier molecular flexibility index (Phi) is 16.4. The zero-order valence-corrected chi connectivity index (χ0v) is 12.4. The molecule has 0 spiro atoms. The zero-order chi connectivity index (χ0) is 14.0. The molecule has 0 saturated carbocycles. The van der Waals surface area contributed by atoms with Gasteiger partial charge in [-0.2, -0.15) is 0 Å². The molecule has 112 valence electrons. The van der Waals surface area contributed by atoms with Gasteiger partial charge in [0.25, 0.3) is 0 Å². The molecule has 0 aliphatic heterocycles. The van der Waals surface area contributed by atoms with Gasteiger partial charge in [0.15, 0.2) is 6.79 Å². The van der Waals surface area contributed by atoms with Crippen LogP contribution in [-0.2, 0) is 14.3 Å². The van der Waals surface area contributed by atoms with Crippen molar-refractivity contribution < 1.29 is 14.3 Å². The van der Waals surface area contributed by atoms with Crippen molar-refractivity contribution in [1.82, 2.24) is 0 Å². The van der Waals surface area contributed by atoms with Crippen molar-refractivity contribution in [2.45, 2.75) is 71.1 Å². The largest absolute Gasteiger partial charge is 0.475 e. The number of rotatable bonds is 15. The van der Waals surface area contributed by atoms with Crippen LogP contribution in [0.25, 0.3) is 0 Å². The average Bonchev–Trinajstić information content (AvgIpc) is 2.43. The number of aldehydes is 1. The van der Waals surface area contributed by atoms with Crippen LogP contribution in [0.5, 0.6) is 0 Å². The minimum atomic E-state index is 0.347. The first kappa shape index (κ1) is 18.2. The van der Waals surface area contributed by atoms with Crippen molar-refractivity contribution in [3.05, 3.63) is 12.3 Å². The van der Waals surface area contributed by atoms with E-state index in [1.807, 2.05) is 6.08 Å². The summed E-state index contributed by atoms with van der Waals surface area (Å²) in [4.78, 5) is 10.1. The maximum Gasteiger partial charge on any atom is 0.188 e. The van der Waals surface area contributed by atoms with Crippen molar-refractivity contribution in [3.63, 3.8) is 0 Å². The van der Waals surface area contributed by atoms with E-state index in [0.29, 0.717) is 13.2 Å². The first-order valence-corrected chi connectivity index (χ1v) is 7.69. The van der Waals surface area contributed by atoms with E-state index in [1.54, 1.807) is 6.26 Å². The van der Waals surface area contributed by atoms with Gasteiger partial charge in [-0.15, -0.1) is 0 Å². The SMILES string of the molecule is CCCCCCCCOCOC=CCCCCC=O. The number of allylic oxidation sites excluding steroid dienone is 1. The molecule has 0 atom stereocenters. The molecule has 0 aromatic heterocycles. The summed E-state index contributed by atoms with van der Waals surface area (Å²) in [6.07, 6.45) is 16.0. The van der Waals surface area contributed by atoms with Crippen LogP contribution in [0.3, 0.4) is 0 Å². The molecule has 0 amide bonds. The summed E-state index contributed by atoms with van der Waals surface area (Å²) in [6.45, 7) is 3.37. The highest BCUT2D eigenvalue weighted by molar-refractivity contribution is 5.48. The number of carbonyl (C=O) groups excluding carboxylic acids is 1. The molecule has 0 rings (SSSR count). The lowest BCUT2D eigenvalue weighted by Crippen LogP contribution is -1.98. The Morgan fingerprint density at radius 1 is 0.895 bits per heavy atom. The fourth-order valence-corrected chi connectivity index (χ4v) is 1.76. The van der Waals surface area contributed by atoms with Crippen molar-refractivity contribution in [2.24, 2.45) is 0 Å². The van der Waals surface area contributed by atoms with Crippen LogP contribution >= 0.6 is 0 Å². The molecule has 0 unspecified atom stereocenters. The van der Waals surface area contributed by atoms with Crippen molar-refractivity contribution in [2.75, 3.05) is 13.4 Å². The summed E-state index contributed by atoms with van der Waals surface area (Å²) >= 11 is 0. The second kappa shape index (κ2) is 17.2. The minimum Gasteiger partial charge on any atom is -0.475 e. The van der Waals surface area contributed by atoms with Gasteiger partial charge in [0.2, 0.25) is 0 Å². The maximum absolute atomic E-state index is 10.1. The Hall–Kier alpha value is -0.830. The molecule has 3 nitrogen and oxygen atoms in total. The Morgan fingerprint density at radius 2 is 1.63 bits per heavy atom. The molecule has 3 heteroatoms. The predicted octanol–water partition coefficient (Wildman–Crippen LogP) is 4.61. The molecule has 0 saturated heterocycles. The van der Waals surface area contributed by atoms with Crippen LogP contribution in [0, 0.1) is 0 Å². The van der Waals surface area contributed by atoms with E-state index >= 15 is 0 Å². The van der Waals surface area contributed by atoms with Gasteiger partial charge in [-0.3, -0.25) is 0 Å². The predicted molar refractivity (Wildman–Crippen MR) is 79.0 cm³/mol. The third-order valence-electron chi connectivity index (χ3n) is 2.93. The Morgan fingerprint density at radius 3 is 2.42 bits per heavy atom. The molecule has 0 heterocycles. The number of unbranched alkanes of at least 4 members (excludes halogenated alkanes) is 8. The maximum atomic E-state index is 10.1. The summed E-state index contributed by atoms with van der Waals surface area (Å²) in [7, 11) is 0. The number of carbonyl (C=O) groups is 1. The standard InChI is InChI=1S/C16H30O3/c1-2-3-4-5-8-11-14-18-16-19-15-12-9-6-7-10-13-17/h12-13,15H,2-11,14,16H2,1H3. The summed E-state index contributed by atoms with van der Waals surface area (Å²) in [6, 6.07) is 0. The van der Waals surface area contributed by atoms with Crippen LogP contribution in [0.1, 0.15) is 71.1 Å². The Balaban J connectivity index is 3.01. The van der Waals surface area contributed by atoms with Crippen LogP contribution in [0.4, 0.5) is 0 Å². The lowest BCUT2D eigenvalue weighted by molar-refractivity contribution is -0.107. The number of hydrogen-bond donors (Lipinski definition) is 0. The summed E-state index contributed by atoms with van der Waals surface area (Å²) in [5, 5.41) is 0. The first-order chi connectivity index (χ1) is 9.41. The molecule has 0 aliphatic rings. The molecule has 0 aromatic rings. The van der Waals surface area contributed by atoms with E-state index in [1.165, 1.54) is 32.1 Å². The quantitative estimate of drug-likeness (QED) is 0.189. The Bertz CT molecular complexity index is 202. The van der Waals surface area contributed by atoms with Gasteiger partial charge in [-0.1, -0.05) is 39.0 Å². The summed E-state index contributed by atoms with van der Waals surface area (Å²) in [5.41, 5.74) is 0. The van der Waals surface area contributed by atoms with E-state index in [2.05, 4.69) is 6.92 Å². The second-order valence-corrected chi connectivity index (χ2v) is 4.78. The monoisotopic (exact) mass is 270 g/mol. The normalized spacial score (nSPS) is 11.0. The van der Waals surface area contributed by atoms with Gasteiger partial charge in [0.1, 0.15) is 6.29 Å². The first-order valence-electron chi connectivity index (χ1n) is 7.69. The van der Waals surface area contributed by atoms with Crippen molar-refractivity contribution in [1.29, 1.82) is 0 Å². The van der Waals surface area contributed by atoms with Gasteiger partial charge in [-0.05, 0) is 31.8 Å². The fourth-order valence-electron chi connectivity index (χ4n) is 1.76. The molecule has 0 radical (unpaired) electrons. The lowest BCUT2D eigenvalue weighted by Gasteiger charge is -2.03. The van der Waals surface area contributed by atoms with Crippen LogP contribution in [-0.4, -0.2) is 19.7 Å². The van der Waals surface area contributed by atoms with Gasteiger partial charge >= 0.3 is 0 Å². The topological polar surface area (TPSA) is 35.5 Å². The van der Waals surface area contributed by atoms with Gasteiger partial charge in [0, 0.05) is 6.42 Å². The molecule has 0 bridgehead atoms. The van der Waals surface area contributed by atoms with E-state index in [0.717, 1.165) is 38.6 Å². The smallest absolute Gasteiger partial charge is 0.188 e. The van der Waals surface area contributed by atoms with E-state index in [-0.39, 0.29) is 0 Å². The molecular formula is C16H30O3. The van der Waals surface area contributed by atoms with Crippen LogP contribution < -0.4 is 0 Å². The second-order valence-electron chi connectivity index (χ2n) is 4.78. The molecule has 0 aliphatic carbocycles. The molecular weight excluding hydrogens is 240 g/mol. The van der Waals surface area contributed by atoms with Gasteiger partial charge in [-0.25, -0.2) is 0 Å². The summed E-state index contributed by atoms with van der Waals surface area (Å²) < 4.78 is 10.6. The minimum absolute atomic E-state index is 0.347. The van der Waals surface area contributed by atoms with Crippen LogP contribution in [0.15, 0.2) is 12.3 Å². The van der Waals surface area contributed by atoms with Gasteiger partial charge in [0.05, 0.1) is 12.9 Å². The molecule has 0 N–H and O–H groups in total. The lowest BCUT2D eigenvalue weighted by atomic mass is 10.1. The number of ether oxygens (including phenoxy) is 2. The molecule has 19 heavy (non-hydrogen) atoms. The number of hydrogen-bond acceptors (Lipinski definition) is 3. The third kappa shape index (κ3) is 17.2. The zero-order valence-electron chi connectivity index (χ0n) is 12.4. The van der Waals surface area contributed by atoms with Crippen molar-refractivity contribution >= 4 is 6.29 Å². The van der Waals surface area contributed by atoms with E-state index < -0.39 is 0 Å². The van der Waals surface area contributed by atoms with Crippen LogP contribution in [0.2, 0.25) is 0 Å². The average molecular weight is 270 g/mol. The van der Waals surface area contributed by atoms with E-state index in [4.69, 9.17) is 9.47 Å². The van der Waals surface area contributed by atoms with Gasteiger partial charge < -0.3 is 14.3 Å².